The highest BCUT2D eigenvalue weighted by molar-refractivity contribution is 6.09. The Morgan fingerprint density at radius 1 is 0.966 bits per heavy atom. The lowest BCUT2D eigenvalue weighted by atomic mass is 10.1. The van der Waals surface area contributed by atoms with Gasteiger partial charge in [-0.25, -0.2) is 0 Å². The maximum Gasteiger partial charge on any atom is 0.255 e. The second-order valence-electron chi connectivity index (χ2n) is 7.82. The summed E-state index contributed by atoms with van der Waals surface area (Å²) in [6.07, 6.45) is 4.71. The van der Waals surface area contributed by atoms with E-state index in [1.54, 1.807) is 18.2 Å². The third kappa shape index (κ3) is 5.91. The summed E-state index contributed by atoms with van der Waals surface area (Å²) in [4.78, 5) is 27.7. The molecule has 0 aromatic heterocycles. The molecule has 0 bridgehead atoms. The van der Waals surface area contributed by atoms with Gasteiger partial charge >= 0.3 is 0 Å². The lowest BCUT2D eigenvalue weighted by Crippen LogP contribution is -2.32. The van der Waals surface area contributed by atoms with Crippen LogP contribution in [0.25, 0.3) is 0 Å². The van der Waals surface area contributed by atoms with Gasteiger partial charge < -0.3 is 10.6 Å². The van der Waals surface area contributed by atoms with Crippen molar-refractivity contribution in [3.05, 3.63) is 65.2 Å². The Morgan fingerprint density at radius 3 is 2.34 bits per heavy atom. The van der Waals surface area contributed by atoms with E-state index in [-0.39, 0.29) is 17.9 Å². The molecule has 0 spiro atoms. The van der Waals surface area contributed by atoms with Gasteiger partial charge in [0, 0.05) is 18.2 Å². The van der Waals surface area contributed by atoms with Crippen LogP contribution >= 0.6 is 0 Å². The SMILES string of the molecule is CC[C@H](C)NC(=O)c1ccccc1NC(=O)c1ccc(CN2CCCCC2)cc1. The van der Waals surface area contributed by atoms with Gasteiger partial charge in [0.25, 0.3) is 11.8 Å². The number of nitrogens with one attached hydrogen (secondary N) is 2. The summed E-state index contributed by atoms with van der Waals surface area (Å²) in [6, 6.07) is 14.9. The molecule has 2 N–H and O–H groups in total. The molecular formula is C24H31N3O2. The van der Waals surface area contributed by atoms with E-state index in [0.717, 1.165) is 26.1 Å². The monoisotopic (exact) mass is 393 g/mol. The van der Waals surface area contributed by atoms with Crippen molar-refractivity contribution in [3.63, 3.8) is 0 Å². The smallest absolute Gasteiger partial charge is 0.255 e. The summed E-state index contributed by atoms with van der Waals surface area (Å²) in [7, 11) is 0. The standard InChI is InChI=1S/C24H31N3O2/c1-3-18(2)25-24(29)21-9-5-6-10-22(21)26-23(28)20-13-11-19(12-14-20)17-27-15-7-4-8-16-27/h5-6,9-14,18H,3-4,7-8,15-17H2,1-2H3,(H,25,29)(H,26,28)/t18-/m0/s1. The minimum absolute atomic E-state index is 0.0821. The van der Waals surface area contributed by atoms with Crippen molar-refractivity contribution in [2.24, 2.45) is 0 Å². The van der Waals surface area contributed by atoms with Crippen LogP contribution in [0.1, 0.15) is 65.8 Å². The van der Waals surface area contributed by atoms with Crippen LogP contribution in [0.15, 0.2) is 48.5 Å². The van der Waals surface area contributed by atoms with Crippen molar-refractivity contribution in [2.75, 3.05) is 18.4 Å². The number of anilines is 1. The minimum atomic E-state index is -0.210. The summed E-state index contributed by atoms with van der Waals surface area (Å²) < 4.78 is 0. The Balaban J connectivity index is 1.65. The van der Waals surface area contributed by atoms with Gasteiger partial charge in [0.05, 0.1) is 11.3 Å². The zero-order chi connectivity index (χ0) is 20.6. The molecule has 1 aliphatic heterocycles. The summed E-state index contributed by atoms with van der Waals surface area (Å²) in [5, 5.41) is 5.84. The lowest BCUT2D eigenvalue weighted by molar-refractivity contribution is 0.0940. The number of nitrogens with zero attached hydrogens (tertiary/aromatic N) is 1. The first-order chi connectivity index (χ1) is 14.1. The molecule has 1 aliphatic rings. The summed E-state index contributed by atoms with van der Waals surface area (Å²) >= 11 is 0. The molecule has 3 rings (SSSR count). The fourth-order valence-corrected chi connectivity index (χ4v) is 3.53. The number of hydrogen-bond donors (Lipinski definition) is 2. The third-order valence-electron chi connectivity index (χ3n) is 5.48. The third-order valence-corrected chi connectivity index (χ3v) is 5.48. The molecule has 1 heterocycles. The van der Waals surface area contributed by atoms with Crippen molar-refractivity contribution in [2.45, 2.75) is 52.1 Å². The Bertz CT molecular complexity index is 826. The molecule has 1 atom stereocenters. The van der Waals surface area contributed by atoms with Gasteiger partial charge in [0.2, 0.25) is 0 Å². The maximum absolute atomic E-state index is 12.7. The molecule has 2 amide bonds. The van der Waals surface area contributed by atoms with E-state index < -0.39 is 0 Å². The Hall–Kier alpha value is -2.66. The molecule has 0 saturated carbocycles. The summed E-state index contributed by atoms with van der Waals surface area (Å²) in [5.74, 6) is -0.384. The number of likely N-dealkylation sites (tertiary alicyclic amines) is 1. The van der Waals surface area contributed by atoms with Crippen LogP contribution in [0.3, 0.4) is 0 Å². The van der Waals surface area contributed by atoms with Gasteiger partial charge in [0.1, 0.15) is 0 Å². The number of hydrogen-bond acceptors (Lipinski definition) is 3. The second-order valence-corrected chi connectivity index (χ2v) is 7.82. The topological polar surface area (TPSA) is 61.4 Å². The highest BCUT2D eigenvalue weighted by Gasteiger charge is 2.16. The molecule has 5 heteroatoms. The maximum atomic E-state index is 12.7. The zero-order valence-corrected chi connectivity index (χ0v) is 17.4. The van der Waals surface area contributed by atoms with Crippen LogP contribution in [0, 0.1) is 0 Å². The Labute approximate surface area is 173 Å². The normalized spacial score (nSPS) is 15.5. The van der Waals surface area contributed by atoms with E-state index in [0.29, 0.717) is 16.8 Å². The van der Waals surface area contributed by atoms with Gasteiger partial charge in [-0.05, 0) is 69.1 Å². The zero-order valence-electron chi connectivity index (χ0n) is 17.4. The molecule has 0 unspecified atom stereocenters. The van der Waals surface area contributed by atoms with Crippen molar-refractivity contribution < 1.29 is 9.59 Å². The van der Waals surface area contributed by atoms with E-state index in [4.69, 9.17) is 0 Å². The molecule has 154 valence electrons. The van der Waals surface area contributed by atoms with Gasteiger partial charge in [0.15, 0.2) is 0 Å². The average molecular weight is 394 g/mol. The quantitative estimate of drug-likeness (QED) is 0.730. The second kappa shape index (κ2) is 10.2. The molecule has 1 saturated heterocycles. The van der Waals surface area contributed by atoms with Crippen LogP contribution < -0.4 is 10.6 Å². The van der Waals surface area contributed by atoms with E-state index in [9.17, 15) is 9.59 Å². The van der Waals surface area contributed by atoms with Crippen molar-refractivity contribution >= 4 is 17.5 Å². The fraction of sp³-hybridized carbons (Fsp3) is 0.417. The number of rotatable bonds is 7. The first-order valence-corrected chi connectivity index (χ1v) is 10.6. The van der Waals surface area contributed by atoms with E-state index >= 15 is 0 Å². The number of benzene rings is 2. The number of carbonyl (C=O) groups is 2. The van der Waals surface area contributed by atoms with E-state index in [1.165, 1.54) is 24.8 Å². The fourth-order valence-electron chi connectivity index (χ4n) is 3.53. The Kier molecular flexibility index (Phi) is 7.42. The molecule has 0 radical (unpaired) electrons. The Morgan fingerprint density at radius 2 is 1.66 bits per heavy atom. The molecule has 1 fully saturated rings. The number of carbonyl (C=O) groups excluding carboxylic acids is 2. The predicted octanol–water partition coefficient (Wildman–Crippen LogP) is 4.45. The predicted molar refractivity (Wildman–Crippen MR) is 117 cm³/mol. The van der Waals surface area contributed by atoms with E-state index in [1.807, 2.05) is 44.2 Å². The van der Waals surface area contributed by atoms with Crippen molar-refractivity contribution in [1.29, 1.82) is 0 Å². The van der Waals surface area contributed by atoms with Gasteiger partial charge in [-0.15, -0.1) is 0 Å². The molecule has 2 aromatic carbocycles. The van der Waals surface area contributed by atoms with Gasteiger partial charge in [-0.1, -0.05) is 37.6 Å². The molecule has 29 heavy (non-hydrogen) atoms. The van der Waals surface area contributed by atoms with E-state index in [2.05, 4.69) is 15.5 Å². The summed E-state index contributed by atoms with van der Waals surface area (Å²) in [6.45, 7) is 7.22. The van der Waals surface area contributed by atoms with Crippen LogP contribution in [0.4, 0.5) is 5.69 Å². The number of para-hydroxylation sites is 1. The lowest BCUT2D eigenvalue weighted by Gasteiger charge is -2.26. The van der Waals surface area contributed by atoms with Crippen LogP contribution in [0.5, 0.6) is 0 Å². The summed E-state index contributed by atoms with van der Waals surface area (Å²) in [5.41, 5.74) is 2.81. The largest absolute Gasteiger partial charge is 0.350 e. The van der Waals surface area contributed by atoms with Crippen LogP contribution in [-0.2, 0) is 6.54 Å². The van der Waals surface area contributed by atoms with Gasteiger partial charge in [-0.2, -0.15) is 0 Å². The first kappa shape index (κ1) is 21.1. The molecular weight excluding hydrogens is 362 g/mol. The van der Waals surface area contributed by atoms with Crippen LogP contribution in [-0.4, -0.2) is 35.8 Å². The highest BCUT2D eigenvalue weighted by Crippen LogP contribution is 2.18. The first-order valence-electron chi connectivity index (χ1n) is 10.6. The average Bonchev–Trinajstić information content (AvgIpc) is 2.75. The number of amides is 2. The molecule has 2 aromatic rings. The van der Waals surface area contributed by atoms with Gasteiger partial charge in [-0.3, -0.25) is 14.5 Å². The molecule has 0 aliphatic carbocycles. The highest BCUT2D eigenvalue weighted by atomic mass is 16.2. The number of piperidine rings is 1. The minimum Gasteiger partial charge on any atom is -0.350 e. The molecule has 5 nitrogen and oxygen atoms in total. The van der Waals surface area contributed by atoms with Crippen molar-refractivity contribution in [3.8, 4) is 0 Å². The van der Waals surface area contributed by atoms with Crippen molar-refractivity contribution in [1.82, 2.24) is 10.2 Å². The van der Waals surface area contributed by atoms with Crippen LogP contribution in [0.2, 0.25) is 0 Å².